The van der Waals surface area contributed by atoms with Crippen LogP contribution in [0.4, 0.5) is 5.69 Å². The number of carbonyl (C=O) groups is 1. The maximum atomic E-state index is 11.9. The van der Waals surface area contributed by atoms with E-state index in [1.165, 1.54) is 0 Å². The normalized spacial score (nSPS) is 11.0. The van der Waals surface area contributed by atoms with Crippen LogP contribution in [0.25, 0.3) is 0 Å². The molecule has 1 amide bonds. The van der Waals surface area contributed by atoms with E-state index in [1.54, 1.807) is 21.1 Å². The van der Waals surface area contributed by atoms with Gasteiger partial charge in [0.2, 0.25) is 5.91 Å². The fraction of sp³-hybridized carbons (Fsp3) is 0.462. The fourth-order valence-corrected chi connectivity index (χ4v) is 3.82. The van der Waals surface area contributed by atoms with E-state index >= 15 is 0 Å². The number of carbonyl (C=O) groups excluding carboxylic acids is 1. The Hall–Kier alpha value is -1.49. The molecule has 4 nitrogen and oxygen atoms in total. The Morgan fingerprint density at radius 1 is 1.17 bits per heavy atom. The van der Waals surface area contributed by atoms with Crippen LogP contribution < -0.4 is 14.0 Å². The molecule has 18 heavy (non-hydrogen) atoms. The van der Waals surface area contributed by atoms with Crippen molar-refractivity contribution in [2.24, 2.45) is 0 Å². The smallest absolute Gasteiger partial charge is 0.216 e. The lowest BCUT2D eigenvalue weighted by Crippen LogP contribution is -2.49. The quantitative estimate of drug-likeness (QED) is 0.787. The molecule has 1 rings (SSSR count). The first-order chi connectivity index (χ1) is 8.31. The molecule has 0 aliphatic heterocycles. The van der Waals surface area contributed by atoms with Crippen LogP contribution in [0.2, 0.25) is 19.6 Å². The number of amides is 1. The van der Waals surface area contributed by atoms with Gasteiger partial charge in [-0.3, -0.25) is 4.79 Å². The van der Waals surface area contributed by atoms with Crippen molar-refractivity contribution in [1.82, 2.24) is 0 Å². The standard InChI is InChI=1S/C13H21NO3Si/c1-10(15)14(18(4,5)6)12-9-11(16-2)7-8-13(12)17-3/h7-9H,1-6H3. The number of anilines is 1. The van der Waals surface area contributed by atoms with Gasteiger partial charge >= 0.3 is 0 Å². The van der Waals surface area contributed by atoms with E-state index in [9.17, 15) is 4.79 Å². The SMILES string of the molecule is COc1ccc(OC)c(N(C(C)=O)[Si](C)(C)C)c1. The number of ether oxygens (including phenoxy) is 2. The zero-order chi connectivity index (χ0) is 13.9. The first kappa shape index (κ1) is 14.6. The molecular formula is C13H21NO3Si. The van der Waals surface area contributed by atoms with E-state index < -0.39 is 8.24 Å². The van der Waals surface area contributed by atoms with Crippen molar-refractivity contribution in [1.29, 1.82) is 0 Å². The summed E-state index contributed by atoms with van der Waals surface area (Å²) in [5.41, 5.74) is 0.781. The first-order valence-corrected chi connectivity index (χ1v) is 9.28. The highest BCUT2D eigenvalue weighted by atomic mass is 28.3. The van der Waals surface area contributed by atoms with Crippen molar-refractivity contribution in [3.63, 3.8) is 0 Å². The summed E-state index contributed by atoms with van der Waals surface area (Å²) in [6, 6.07) is 5.49. The van der Waals surface area contributed by atoms with Gasteiger partial charge in [0.25, 0.3) is 0 Å². The molecule has 5 heteroatoms. The number of methoxy groups -OCH3 is 2. The number of hydrogen-bond acceptors (Lipinski definition) is 3. The lowest BCUT2D eigenvalue weighted by Gasteiger charge is -2.34. The lowest BCUT2D eigenvalue weighted by atomic mass is 10.2. The van der Waals surface area contributed by atoms with Crippen molar-refractivity contribution >= 4 is 19.8 Å². The Bertz CT molecular complexity index is 440. The highest BCUT2D eigenvalue weighted by molar-refractivity contribution is 6.83. The molecule has 1 aromatic carbocycles. The summed E-state index contributed by atoms with van der Waals surface area (Å²) in [6.07, 6.45) is 0. The molecule has 0 fully saturated rings. The molecule has 100 valence electrons. The Balaban J connectivity index is 3.38. The van der Waals surface area contributed by atoms with Crippen molar-refractivity contribution in [3.05, 3.63) is 18.2 Å². The van der Waals surface area contributed by atoms with E-state index in [0.29, 0.717) is 5.75 Å². The van der Waals surface area contributed by atoms with Gasteiger partial charge in [0.15, 0.2) is 8.24 Å². The number of rotatable bonds is 4. The molecule has 1 aromatic rings. The van der Waals surface area contributed by atoms with Gasteiger partial charge in [-0.1, -0.05) is 19.6 Å². The van der Waals surface area contributed by atoms with Gasteiger partial charge in [-0.15, -0.1) is 0 Å². The summed E-state index contributed by atoms with van der Waals surface area (Å²) in [7, 11) is 1.39. The number of benzene rings is 1. The van der Waals surface area contributed by atoms with E-state index in [-0.39, 0.29) is 5.91 Å². The minimum absolute atomic E-state index is 0.0284. The second-order valence-electron chi connectivity index (χ2n) is 5.06. The summed E-state index contributed by atoms with van der Waals surface area (Å²) < 4.78 is 12.4. The third-order valence-electron chi connectivity index (χ3n) is 2.61. The van der Waals surface area contributed by atoms with Crippen LogP contribution >= 0.6 is 0 Å². The second-order valence-corrected chi connectivity index (χ2v) is 9.85. The first-order valence-electron chi connectivity index (χ1n) is 5.84. The Labute approximate surface area is 110 Å². The third kappa shape index (κ3) is 3.04. The van der Waals surface area contributed by atoms with Gasteiger partial charge in [0.1, 0.15) is 11.5 Å². The summed E-state index contributed by atoms with van der Waals surface area (Å²) in [6.45, 7) is 7.94. The molecule has 0 unspecified atom stereocenters. The second kappa shape index (κ2) is 5.43. The predicted molar refractivity (Wildman–Crippen MR) is 76.1 cm³/mol. The van der Waals surface area contributed by atoms with Crippen LogP contribution in [0.3, 0.4) is 0 Å². The van der Waals surface area contributed by atoms with Gasteiger partial charge in [-0.2, -0.15) is 0 Å². The molecular weight excluding hydrogens is 246 g/mol. The lowest BCUT2D eigenvalue weighted by molar-refractivity contribution is -0.115. The monoisotopic (exact) mass is 267 g/mol. The van der Waals surface area contributed by atoms with Crippen molar-refractivity contribution < 1.29 is 14.3 Å². The van der Waals surface area contributed by atoms with E-state index in [4.69, 9.17) is 9.47 Å². The van der Waals surface area contributed by atoms with Crippen LogP contribution in [0.15, 0.2) is 18.2 Å². The van der Waals surface area contributed by atoms with Gasteiger partial charge in [0.05, 0.1) is 19.9 Å². The van der Waals surface area contributed by atoms with Crippen molar-refractivity contribution in [3.8, 4) is 11.5 Å². The topological polar surface area (TPSA) is 38.8 Å². The molecule has 0 N–H and O–H groups in total. The van der Waals surface area contributed by atoms with Crippen molar-refractivity contribution in [2.75, 3.05) is 18.8 Å². The highest BCUT2D eigenvalue weighted by Crippen LogP contribution is 2.35. The Morgan fingerprint density at radius 3 is 2.17 bits per heavy atom. The van der Waals surface area contributed by atoms with E-state index in [0.717, 1.165) is 11.4 Å². The van der Waals surface area contributed by atoms with Crippen LogP contribution in [-0.2, 0) is 4.79 Å². The average molecular weight is 267 g/mol. The molecule has 0 heterocycles. The molecule has 0 spiro atoms. The zero-order valence-corrected chi connectivity index (χ0v) is 12.9. The third-order valence-corrected chi connectivity index (χ3v) is 4.51. The summed E-state index contributed by atoms with van der Waals surface area (Å²) in [4.78, 5) is 11.9. The highest BCUT2D eigenvalue weighted by Gasteiger charge is 2.30. The molecule has 0 aliphatic carbocycles. The molecule has 0 aromatic heterocycles. The zero-order valence-electron chi connectivity index (χ0n) is 11.9. The van der Waals surface area contributed by atoms with Gasteiger partial charge < -0.3 is 14.0 Å². The Morgan fingerprint density at radius 2 is 1.78 bits per heavy atom. The molecule has 0 bridgehead atoms. The minimum Gasteiger partial charge on any atom is -0.497 e. The summed E-state index contributed by atoms with van der Waals surface area (Å²) >= 11 is 0. The van der Waals surface area contributed by atoms with Crippen molar-refractivity contribution in [2.45, 2.75) is 26.6 Å². The number of nitrogens with zero attached hydrogens (tertiary/aromatic N) is 1. The average Bonchev–Trinajstić information content (AvgIpc) is 2.26. The van der Waals surface area contributed by atoms with E-state index in [2.05, 4.69) is 19.6 Å². The molecule has 0 aliphatic rings. The largest absolute Gasteiger partial charge is 0.497 e. The minimum atomic E-state index is -1.83. The molecule has 0 atom stereocenters. The van der Waals surface area contributed by atoms with Crippen LogP contribution in [0.1, 0.15) is 6.92 Å². The maximum Gasteiger partial charge on any atom is 0.216 e. The van der Waals surface area contributed by atoms with Gasteiger partial charge in [-0.05, 0) is 12.1 Å². The van der Waals surface area contributed by atoms with Gasteiger partial charge in [0, 0.05) is 13.0 Å². The van der Waals surface area contributed by atoms with Crippen LogP contribution in [0.5, 0.6) is 11.5 Å². The van der Waals surface area contributed by atoms with Gasteiger partial charge in [-0.25, -0.2) is 0 Å². The molecule has 0 saturated carbocycles. The number of hydrogen-bond donors (Lipinski definition) is 0. The molecule has 0 saturated heterocycles. The summed E-state index contributed by atoms with van der Waals surface area (Å²) in [5.74, 6) is 1.43. The van der Waals surface area contributed by atoms with Crippen LogP contribution in [-0.4, -0.2) is 28.4 Å². The Kier molecular flexibility index (Phi) is 4.40. The van der Waals surface area contributed by atoms with E-state index in [1.807, 2.05) is 22.8 Å². The fourth-order valence-electron chi connectivity index (χ4n) is 1.97. The predicted octanol–water partition coefficient (Wildman–Crippen LogP) is 2.89. The summed E-state index contributed by atoms with van der Waals surface area (Å²) in [5, 5.41) is 0. The van der Waals surface area contributed by atoms with Crippen LogP contribution in [0, 0.1) is 0 Å². The maximum absolute atomic E-state index is 11.9. The molecule has 0 radical (unpaired) electrons.